The van der Waals surface area contributed by atoms with Crippen molar-refractivity contribution in [3.8, 4) is 0 Å². The highest BCUT2D eigenvalue weighted by atomic mass is 32.2. The van der Waals surface area contributed by atoms with Crippen LogP contribution in [0.5, 0.6) is 0 Å². The summed E-state index contributed by atoms with van der Waals surface area (Å²) in [7, 11) is 0. The standard InChI is InChI=1S/C14H16N2O2S2/c1-3-18-13(17)8-12-9-19-14(16-12)20-10(2)11-4-6-15-7-5-11/h4-7,9-10H,3,8H2,1-2H3/t10-/m1/s1. The molecule has 6 heteroatoms. The first-order valence-electron chi connectivity index (χ1n) is 6.35. The molecule has 20 heavy (non-hydrogen) atoms. The average molecular weight is 308 g/mol. The Bertz CT molecular complexity index is 557. The molecule has 0 amide bonds. The lowest BCUT2D eigenvalue weighted by Crippen LogP contribution is -2.07. The van der Waals surface area contributed by atoms with Crippen LogP contribution in [0.2, 0.25) is 0 Å². The fourth-order valence-electron chi connectivity index (χ4n) is 1.64. The quantitative estimate of drug-likeness (QED) is 0.604. The van der Waals surface area contributed by atoms with Crippen molar-refractivity contribution in [2.45, 2.75) is 29.9 Å². The molecule has 2 heterocycles. The smallest absolute Gasteiger partial charge is 0.311 e. The van der Waals surface area contributed by atoms with Gasteiger partial charge in [0.1, 0.15) is 0 Å². The number of hydrogen-bond acceptors (Lipinski definition) is 6. The molecular weight excluding hydrogens is 292 g/mol. The first-order valence-corrected chi connectivity index (χ1v) is 8.11. The zero-order valence-corrected chi connectivity index (χ0v) is 13.0. The van der Waals surface area contributed by atoms with Gasteiger partial charge in [-0.3, -0.25) is 9.78 Å². The Hall–Kier alpha value is -1.40. The number of esters is 1. The number of nitrogens with zero attached hydrogens (tertiary/aromatic N) is 2. The van der Waals surface area contributed by atoms with E-state index < -0.39 is 0 Å². The van der Waals surface area contributed by atoms with Crippen molar-refractivity contribution in [2.24, 2.45) is 0 Å². The van der Waals surface area contributed by atoms with Crippen LogP contribution in [0, 0.1) is 0 Å². The number of hydrogen-bond donors (Lipinski definition) is 0. The Labute approximate surface area is 126 Å². The van der Waals surface area contributed by atoms with Crippen molar-refractivity contribution >= 4 is 29.1 Å². The number of pyridine rings is 1. The third-order valence-electron chi connectivity index (χ3n) is 2.61. The molecule has 2 rings (SSSR count). The monoisotopic (exact) mass is 308 g/mol. The minimum absolute atomic E-state index is 0.225. The van der Waals surface area contributed by atoms with Crippen molar-refractivity contribution in [1.29, 1.82) is 0 Å². The Balaban J connectivity index is 1.94. The molecule has 0 saturated carbocycles. The lowest BCUT2D eigenvalue weighted by Gasteiger charge is -2.08. The molecule has 0 fully saturated rings. The summed E-state index contributed by atoms with van der Waals surface area (Å²) < 4.78 is 5.88. The predicted octanol–water partition coefficient (Wildman–Crippen LogP) is 3.50. The second-order valence-electron chi connectivity index (χ2n) is 4.13. The minimum atomic E-state index is -0.225. The number of ether oxygens (including phenoxy) is 1. The second-order valence-corrected chi connectivity index (χ2v) is 6.57. The van der Waals surface area contributed by atoms with Gasteiger partial charge in [-0.2, -0.15) is 0 Å². The lowest BCUT2D eigenvalue weighted by atomic mass is 10.2. The van der Waals surface area contributed by atoms with Crippen molar-refractivity contribution in [1.82, 2.24) is 9.97 Å². The van der Waals surface area contributed by atoms with Crippen LogP contribution in [-0.2, 0) is 16.0 Å². The van der Waals surface area contributed by atoms with Crippen molar-refractivity contribution in [3.63, 3.8) is 0 Å². The van der Waals surface area contributed by atoms with E-state index in [-0.39, 0.29) is 12.4 Å². The fraction of sp³-hybridized carbons (Fsp3) is 0.357. The van der Waals surface area contributed by atoms with Gasteiger partial charge in [0.25, 0.3) is 0 Å². The van der Waals surface area contributed by atoms with E-state index in [0.29, 0.717) is 11.9 Å². The van der Waals surface area contributed by atoms with E-state index in [0.717, 1.165) is 10.0 Å². The SMILES string of the molecule is CCOC(=O)Cc1csc(S[C@H](C)c2ccncc2)n1. The molecule has 1 atom stereocenters. The van der Waals surface area contributed by atoms with Gasteiger partial charge in [-0.05, 0) is 31.5 Å². The molecule has 0 bridgehead atoms. The first kappa shape index (κ1) is 15.0. The molecule has 106 valence electrons. The lowest BCUT2D eigenvalue weighted by molar-refractivity contribution is -0.142. The van der Waals surface area contributed by atoms with Crippen LogP contribution in [0.1, 0.15) is 30.4 Å². The zero-order chi connectivity index (χ0) is 14.4. The molecule has 0 unspecified atom stereocenters. The maximum absolute atomic E-state index is 11.4. The largest absolute Gasteiger partial charge is 0.466 e. The topological polar surface area (TPSA) is 52.1 Å². The Morgan fingerprint density at radius 3 is 2.90 bits per heavy atom. The fourth-order valence-corrected chi connectivity index (χ4v) is 3.75. The number of carbonyl (C=O) groups excluding carboxylic acids is 1. The number of thiazole rings is 1. The van der Waals surface area contributed by atoms with Gasteiger partial charge >= 0.3 is 5.97 Å². The third-order valence-corrected chi connectivity index (χ3v) is 4.79. The van der Waals surface area contributed by atoms with Gasteiger partial charge in [-0.1, -0.05) is 11.8 Å². The van der Waals surface area contributed by atoms with Gasteiger partial charge in [0.2, 0.25) is 0 Å². The first-order chi connectivity index (χ1) is 9.69. The number of thioether (sulfide) groups is 1. The zero-order valence-electron chi connectivity index (χ0n) is 11.4. The van der Waals surface area contributed by atoms with Gasteiger partial charge < -0.3 is 4.74 Å². The second kappa shape index (κ2) is 7.40. The van der Waals surface area contributed by atoms with Gasteiger partial charge in [-0.25, -0.2) is 4.98 Å². The minimum Gasteiger partial charge on any atom is -0.466 e. The van der Waals surface area contributed by atoms with Crippen molar-refractivity contribution in [2.75, 3.05) is 6.61 Å². The Kier molecular flexibility index (Phi) is 5.55. The van der Waals surface area contributed by atoms with Gasteiger partial charge in [0.15, 0.2) is 4.34 Å². The number of carbonyl (C=O) groups is 1. The summed E-state index contributed by atoms with van der Waals surface area (Å²) in [6.45, 7) is 4.34. The van der Waals surface area contributed by atoms with Gasteiger partial charge in [0, 0.05) is 23.0 Å². The van der Waals surface area contributed by atoms with Crippen LogP contribution in [0.15, 0.2) is 34.2 Å². The predicted molar refractivity (Wildman–Crippen MR) is 81.0 cm³/mol. The molecule has 2 aromatic rings. The summed E-state index contributed by atoms with van der Waals surface area (Å²) in [5.41, 5.74) is 1.99. The van der Waals surface area contributed by atoms with Crippen LogP contribution in [0.3, 0.4) is 0 Å². The van der Waals surface area contributed by atoms with E-state index in [1.807, 2.05) is 17.5 Å². The van der Waals surface area contributed by atoms with E-state index in [4.69, 9.17) is 4.74 Å². The normalized spacial score (nSPS) is 12.1. The highest BCUT2D eigenvalue weighted by Gasteiger charge is 2.12. The van der Waals surface area contributed by atoms with E-state index in [1.165, 1.54) is 5.56 Å². The Morgan fingerprint density at radius 2 is 2.20 bits per heavy atom. The van der Waals surface area contributed by atoms with Crippen molar-refractivity contribution in [3.05, 3.63) is 41.2 Å². The summed E-state index contributed by atoms with van der Waals surface area (Å²) in [5.74, 6) is -0.225. The molecule has 0 aliphatic rings. The maximum atomic E-state index is 11.4. The van der Waals surface area contributed by atoms with Gasteiger partial charge in [-0.15, -0.1) is 11.3 Å². The summed E-state index contributed by atoms with van der Waals surface area (Å²) in [6.07, 6.45) is 3.83. The van der Waals surface area contributed by atoms with E-state index in [9.17, 15) is 4.79 Å². The molecule has 0 radical (unpaired) electrons. The van der Waals surface area contributed by atoms with E-state index >= 15 is 0 Å². The van der Waals surface area contributed by atoms with Crippen molar-refractivity contribution < 1.29 is 9.53 Å². The molecule has 0 aromatic carbocycles. The highest BCUT2D eigenvalue weighted by Crippen LogP contribution is 2.36. The average Bonchev–Trinajstić information content (AvgIpc) is 2.87. The molecule has 2 aromatic heterocycles. The molecule has 0 saturated heterocycles. The summed E-state index contributed by atoms with van der Waals surface area (Å²) >= 11 is 3.25. The molecule has 0 aliphatic heterocycles. The van der Waals surface area contributed by atoms with E-state index in [2.05, 4.69) is 16.9 Å². The summed E-state index contributed by atoms with van der Waals surface area (Å²) in [5, 5.41) is 2.22. The summed E-state index contributed by atoms with van der Waals surface area (Å²) in [6, 6.07) is 4.01. The Morgan fingerprint density at radius 1 is 1.45 bits per heavy atom. The molecule has 0 N–H and O–H groups in total. The van der Waals surface area contributed by atoms with Crippen LogP contribution in [0.25, 0.3) is 0 Å². The molecule has 0 spiro atoms. The van der Waals surface area contributed by atoms with Crippen LogP contribution in [-0.4, -0.2) is 22.5 Å². The summed E-state index contributed by atoms with van der Waals surface area (Å²) in [4.78, 5) is 19.9. The van der Waals surface area contributed by atoms with Gasteiger partial charge in [0.05, 0.1) is 18.7 Å². The molecular formula is C14H16N2O2S2. The van der Waals surface area contributed by atoms with E-state index in [1.54, 1.807) is 42.4 Å². The maximum Gasteiger partial charge on any atom is 0.311 e. The highest BCUT2D eigenvalue weighted by molar-refractivity contribution is 8.01. The number of rotatable bonds is 6. The van der Waals surface area contributed by atoms with Crippen LogP contribution < -0.4 is 0 Å². The van der Waals surface area contributed by atoms with Crippen LogP contribution >= 0.6 is 23.1 Å². The molecule has 0 aliphatic carbocycles. The number of aromatic nitrogens is 2. The molecule has 4 nitrogen and oxygen atoms in total. The third kappa shape index (κ3) is 4.31. The van der Waals surface area contributed by atoms with Crippen LogP contribution in [0.4, 0.5) is 0 Å².